The van der Waals surface area contributed by atoms with Crippen LogP contribution in [0.1, 0.15) is 110 Å². The zero-order valence-corrected chi connectivity index (χ0v) is 23.3. The van der Waals surface area contributed by atoms with Gasteiger partial charge in [-0.3, -0.25) is 9.78 Å². The molecule has 7 heteroatoms. The van der Waals surface area contributed by atoms with Gasteiger partial charge in [0.1, 0.15) is 6.61 Å². The van der Waals surface area contributed by atoms with Gasteiger partial charge >= 0.3 is 6.09 Å². The lowest BCUT2D eigenvalue weighted by molar-refractivity contribution is -0.116. The molecule has 0 unspecified atom stereocenters. The van der Waals surface area contributed by atoms with E-state index in [-0.39, 0.29) is 12.7 Å². The van der Waals surface area contributed by atoms with Gasteiger partial charge in [0.2, 0.25) is 5.91 Å². The molecule has 210 valence electrons. The highest BCUT2D eigenvalue weighted by Gasteiger charge is 2.28. The predicted molar refractivity (Wildman–Crippen MR) is 148 cm³/mol. The number of carbonyl (C=O) groups excluding carboxylic acids is 2. The lowest BCUT2D eigenvalue weighted by atomic mass is 10.0. The van der Waals surface area contributed by atoms with Gasteiger partial charge in [0.25, 0.3) is 0 Å². The minimum Gasteiger partial charge on any atom is -0.446 e. The molecule has 1 saturated heterocycles. The van der Waals surface area contributed by atoms with E-state index in [0.717, 1.165) is 24.3 Å². The number of carbonyl (C=O) groups is 2. The second-order valence-corrected chi connectivity index (χ2v) is 10.4. The molecule has 2 amide bonds. The number of ether oxygens (including phenoxy) is 3. The van der Waals surface area contributed by atoms with E-state index in [4.69, 9.17) is 14.2 Å². The Balaban J connectivity index is 1.41. The van der Waals surface area contributed by atoms with Crippen LogP contribution >= 0.6 is 0 Å². The summed E-state index contributed by atoms with van der Waals surface area (Å²) in [4.78, 5) is 29.3. The normalized spacial score (nSPS) is 17.1. The van der Waals surface area contributed by atoms with Gasteiger partial charge in [-0.25, -0.2) is 9.69 Å². The molecule has 1 fully saturated rings. The molecule has 0 bridgehead atoms. The summed E-state index contributed by atoms with van der Waals surface area (Å²) >= 11 is 0. The molecule has 0 radical (unpaired) electrons. The van der Waals surface area contributed by atoms with Gasteiger partial charge in [0, 0.05) is 31.8 Å². The average molecular weight is 519 g/mol. The van der Waals surface area contributed by atoms with Crippen LogP contribution < -0.4 is 4.90 Å². The van der Waals surface area contributed by atoms with Crippen LogP contribution in [0.3, 0.4) is 0 Å². The highest BCUT2D eigenvalue weighted by molar-refractivity contribution is 6.11. The molecule has 1 aromatic heterocycles. The van der Waals surface area contributed by atoms with E-state index in [0.29, 0.717) is 24.8 Å². The van der Waals surface area contributed by atoms with Crippen LogP contribution in [0.15, 0.2) is 24.5 Å². The van der Waals surface area contributed by atoms with Crippen molar-refractivity contribution in [1.82, 2.24) is 4.98 Å². The number of hydrogen-bond acceptors (Lipinski definition) is 6. The van der Waals surface area contributed by atoms with Gasteiger partial charge in [-0.2, -0.15) is 0 Å². The highest BCUT2D eigenvalue weighted by Crippen LogP contribution is 2.21. The Hall–Kier alpha value is -1.99. The van der Waals surface area contributed by atoms with Crippen LogP contribution in [0, 0.1) is 5.92 Å². The maximum Gasteiger partial charge on any atom is 0.421 e. The van der Waals surface area contributed by atoms with Crippen LogP contribution in [-0.4, -0.2) is 49.5 Å². The molecule has 0 aliphatic carbocycles. The van der Waals surface area contributed by atoms with Crippen LogP contribution in [0.5, 0.6) is 0 Å². The molecule has 1 aliphatic heterocycles. The minimum atomic E-state index is -0.695. The molecule has 0 aromatic carbocycles. The Kier molecular flexibility index (Phi) is 16.9. The minimum absolute atomic E-state index is 0.128. The van der Waals surface area contributed by atoms with Gasteiger partial charge in [0.05, 0.1) is 25.0 Å². The summed E-state index contributed by atoms with van der Waals surface area (Å²) in [5, 5.41) is 0. The van der Waals surface area contributed by atoms with E-state index in [1.165, 1.54) is 103 Å². The molecular formula is C30H50N2O5. The summed E-state index contributed by atoms with van der Waals surface area (Å²) < 4.78 is 17.0. The fourth-order valence-electron chi connectivity index (χ4n) is 4.80. The first-order valence-corrected chi connectivity index (χ1v) is 14.7. The summed E-state index contributed by atoms with van der Waals surface area (Å²) in [5.74, 6) is -0.0854. The van der Waals surface area contributed by atoms with Crippen molar-refractivity contribution < 1.29 is 23.8 Å². The molecule has 0 saturated carbocycles. The van der Waals surface area contributed by atoms with Gasteiger partial charge in [-0.15, -0.1) is 0 Å². The second-order valence-electron chi connectivity index (χ2n) is 10.4. The quantitative estimate of drug-likeness (QED) is 0.167. The molecule has 2 rings (SSSR count). The molecule has 1 aromatic rings. The van der Waals surface area contributed by atoms with Gasteiger partial charge < -0.3 is 14.2 Å². The average Bonchev–Trinajstić information content (AvgIpc) is 3.35. The number of imide groups is 1. The lowest BCUT2D eigenvalue weighted by Crippen LogP contribution is -2.37. The Morgan fingerprint density at radius 3 is 2.03 bits per heavy atom. The summed E-state index contributed by atoms with van der Waals surface area (Å²) in [6.45, 7) is 5.83. The smallest absolute Gasteiger partial charge is 0.421 e. The summed E-state index contributed by atoms with van der Waals surface area (Å²) in [6.07, 6.45) is 22.0. The molecule has 2 atom stereocenters. The maximum absolute atomic E-state index is 12.4. The van der Waals surface area contributed by atoms with E-state index in [1.807, 2.05) is 0 Å². The first-order chi connectivity index (χ1) is 18.1. The van der Waals surface area contributed by atoms with E-state index < -0.39 is 12.0 Å². The topological polar surface area (TPSA) is 78.0 Å². The molecule has 2 heterocycles. The van der Waals surface area contributed by atoms with Crippen molar-refractivity contribution in [2.75, 3.05) is 31.3 Å². The van der Waals surface area contributed by atoms with Crippen LogP contribution in [-0.2, 0) is 19.0 Å². The van der Waals surface area contributed by atoms with Crippen molar-refractivity contribution >= 4 is 17.7 Å². The molecule has 0 N–H and O–H groups in total. The van der Waals surface area contributed by atoms with Crippen LogP contribution in [0.4, 0.5) is 10.5 Å². The Labute approximate surface area is 224 Å². The molecule has 1 aliphatic rings. The second kappa shape index (κ2) is 20.0. The number of rotatable bonds is 20. The Morgan fingerprint density at radius 2 is 1.46 bits per heavy atom. The van der Waals surface area contributed by atoms with Crippen molar-refractivity contribution in [3.05, 3.63) is 24.5 Å². The number of aromatic nitrogens is 1. The summed E-state index contributed by atoms with van der Waals surface area (Å²) in [5.41, 5.74) is 0.439. The van der Waals surface area contributed by atoms with Gasteiger partial charge in [-0.05, 0) is 25.0 Å². The van der Waals surface area contributed by atoms with Crippen LogP contribution in [0.2, 0.25) is 0 Å². The first kappa shape index (κ1) is 31.2. The van der Waals surface area contributed by atoms with Crippen molar-refractivity contribution in [3.63, 3.8) is 0 Å². The first-order valence-electron chi connectivity index (χ1n) is 14.7. The third-order valence-corrected chi connectivity index (χ3v) is 6.97. The number of unbranched alkanes of at least 4 members (excludes halogenated alkanes) is 13. The third-order valence-electron chi connectivity index (χ3n) is 6.97. The van der Waals surface area contributed by atoms with E-state index in [1.54, 1.807) is 12.1 Å². The van der Waals surface area contributed by atoms with E-state index in [9.17, 15) is 9.59 Å². The number of pyridine rings is 1. The largest absolute Gasteiger partial charge is 0.446 e. The standard InChI is InChI=1S/C30H50N2O5/c1-3-4-5-6-7-8-9-10-11-12-13-14-15-16-21-35-23-27-22-29(36-24-27)25-37-30(34)32(26(2)33)28-17-19-31-20-18-28/h17-20,27,29H,3-16,21-25H2,1-2H3/t27-,29-/m0/s1. The zero-order valence-electron chi connectivity index (χ0n) is 23.3. The number of amides is 2. The molecule has 7 nitrogen and oxygen atoms in total. The maximum atomic E-state index is 12.4. The predicted octanol–water partition coefficient (Wildman–Crippen LogP) is 7.47. The Bertz CT molecular complexity index is 730. The third kappa shape index (κ3) is 13.9. The van der Waals surface area contributed by atoms with Gasteiger partial charge in [0.15, 0.2) is 0 Å². The molecule has 37 heavy (non-hydrogen) atoms. The monoisotopic (exact) mass is 518 g/mol. The van der Waals surface area contributed by atoms with Crippen molar-refractivity contribution in [1.29, 1.82) is 0 Å². The number of anilines is 1. The Morgan fingerprint density at radius 1 is 0.892 bits per heavy atom. The van der Waals surface area contributed by atoms with Crippen molar-refractivity contribution in [2.45, 2.75) is 116 Å². The SMILES string of the molecule is CCCCCCCCCCCCCCCCOC[C@H]1CO[C@H](COC(=O)N(C(C)=O)c2ccncc2)C1. The van der Waals surface area contributed by atoms with Gasteiger partial charge in [-0.1, -0.05) is 90.4 Å². The molecular weight excluding hydrogens is 468 g/mol. The van der Waals surface area contributed by atoms with Crippen molar-refractivity contribution in [2.24, 2.45) is 5.92 Å². The zero-order chi connectivity index (χ0) is 26.6. The van der Waals surface area contributed by atoms with Crippen molar-refractivity contribution in [3.8, 4) is 0 Å². The van der Waals surface area contributed by atoms with E-state index >= 15 is 0 Å². The number of hydrogen-bond donors (Lipinski definition) is 0. The fourth-order valence-corrected chi connectivity index (χ4v) is 4.80. The molecule has 0 spiro atoms. The highest BCUT2D eigenvalue weighted by atomic mass is 16.6. The van der Waals surface area contributed by atoms with Crippen LogP contribution in [0.25, 0.3) is 0 Å². The lowest BCUT2D eigenvalue weighted by Gasteiger charge is -2.19. The fraction of sp³-hybridized carbons (Fsp3) is 0.767. The van der Waals surface area contributed by atoms with E-state index in [2.05, 4.69) is 11.9 Å². The summed E-state index contributed by atoms with van der Waals surface area (Å²) in [6, 6.07) is 3.19. The number of nitrogens with zero attached hydrogens (tertiary/aromatic N) is 2. The summed E-state index contributed by atoms with van der Waals surface area (Å²) in [7, 11) is 0.